The number of hydrogen-bond acceptors (Lipinski definition) is 1. The van der Waals surface area contributed by atoms with Crippen LogP contribution < -0.4 is 0 Å². The van der Waals surface area contributed by atoms with E-state index in [2.05, 4.69) is 39.1 Å². The maximum absolute atomic E-state index is 5.07. The van der Waals surface area contributed by atoms with E-state index in [0.717, 1.165) is 9.99 Å². The van der Waals surface area contributed by atoms with Crippen LogP contribution in [0.25, 0.3) is 10.9 Å². The Labute approximate surface area is 85.0 Å². The molecule has 0 atom stereocenters. The first-order valence-corrected chi connectivity index (χ1v) is 4.85. The molecule has 2 rings (SSSR count). The van der Waals surface area contributed by atoms with Gasteiger partial charge in [-0.3, -0.25) is 0 Å². The van der Waals surface area contributed by atoms with E-state index in [1.807, 2.05) is 6.20 Å². The van der Waals surface area contributed by atoms with Crippen molar-refractivity contribution in [3.8, 4) is 0 Å². The Hall–Kier alpha value is -0.800. The van der Waals surface area contributed by atoms with Gasteiger partial charge >= 0.3 is 0 Å². The van der Waals surface area contributed by atoms with Gasteiger partial charge in [-0.2, -0.15) is 0 Å². The summed E-state index contributed by atoms with van der Waals surface area (Å²) in [5.74, 6) is 0. The lowest BCUT2D eigenvalue weighted by atomic mass is 10.2. The molecule has 1 aromatic carbocycles. The molecule has 0 saturated carbocycles. The molecule has 68 valence electrons. The lowest BCUT2D eigenvalue weighted by molar-refractivity contribution is 0.185. The number of nitrogens with one attached hydrogen (secondary N) is 1. The molecule has 0 unspecified atom stereocenters. The van der Waals surface area contributed by atoms with Crippen LogP contribution in [-0.4, -0.2) is 12.1 Å². The van der Waals surface area contributed by atoms with E-state index in [0.29, 0.717) is 6.61 Å². The first-order chi connectivity index (χ1) is 6.31. The third-order valence-corrected chi connectivity index (χ3v) is 2.65. The molecule has 13 heavy (non-hydrogen) atoms. The number of ether oxygens (including phenoxy) is 1. The predicted molar refractivity (Wildman–Crippen MR) is 56.7 cm³/mol. The lowest BCUT2D eigenvalue weighted by Gasteiger charge is -2.01. The highest BCUT2D eigenvalue weighted by atomic mass is 79.9. The zero-order valence-electron chi connectivity index (χ0n) is 7.30. The van der Waals surface area contributed by atoms with Crippen molar-refractivity contribution in [3.63, 3.8) is 0 Å². The maximum Gasteiger partial charge on any atom is 0.0714 e. The zero-order chi connectivity index (χ0) is 9.26. The van der Waals surface area contributed by atoms with Crippen molar-refractivity contribution >= 4 is 26.8 Å². The number of halogens is 1. The smallest absolute Gasteiger partial charge is 0.0714 e. The van der Waals surface area contributed by atoms with Crippen LogP contribution in [0.4, 0.5) is 0 Å². The summed E-state index contributed by atoms with van der Waals surface area (Å²) in [4.78, 5) is 3.17. The highest BCUT2D eigenvalue weighted by Crippen LogP contribution is 2.25. The van der Waals surface area contributed by atoms with E-state index < -0.39 is 0 Å². The number of aromatic nitrogens is 1. The molecular weight excluding hydrogens is 230 g/mol. The van der Waals surface area contributed by atoms with Crippen molar-refractivity contribution in [2.45, 2.75) is 6.61 Å². The van der Waals surface area contributed by atoms with Gasteiger partial charge in [0, 0.05) is 28.7 Å². The second kappa shape index (κ2) is 3.52. The minimum absolute atomic E-state index is 0.646. The van der Waals surface area contributed by atoms with Crippen molar-refractivity contribution in [2.24, 2.45) is 0 Å². The number of fused-ring (bicyclic) bond motifs is 1. The zero-order valence-corrected chi connectivity index (χ0v) is 8.89. The summed E-state index contributed by atoms with van der Waals surface area (Å²) in [7, 11) is 1.70. The molecule has 0 aliphatic heterocycles. The van der Waals surface area contributed by atoms with Crippen LogP contribution in [0.3, 0.4) is 0 Å². The normalized spacial score (nSPS) is 10.9. The van der Waals surface area contributed by atoms with Gasteiger partial charge in [-0.05, 0) is 23.8 Å². The van der Waals surface area contributed by atoms with Crippen LogP contribution in [0.2, 0.25) is 0 Å². The molecule has 1 N–H and O–H groups in total. The maximum atomic E-state index is 5.07. The second-order valence-corrected chi connectivity index (χ2v) is 3.80. The number of aromatic amines is 1. The highest BCUT2D eigenvalue weighted by Gasteiger charge is 2.01. The van der Waals surface area contributed by atoms with Crippen LogP contribution in [0, 0.1) is 0 Å². The van der Waals surface area contributed by atoms with Crippen LogP contribution >= 0.6 is 15.9 Å². The van der Waals surface area contributed by atoms with Gasteiger partial charge in [0.25, 0.3) is 0 Å². The van der Waals surface area contributed by atoms with E-state index in [1.165, 1.54) is 10.9 Å². The largest absolute Gasteiger partial charge is 0.380 e. The van der Waals surface area contributed by atoms with E-state index >= 15 is 0 Å². The van der Waals surface area contributed by atoms with Crippen molar-refractivity contribution in [3.05, 3.63) is 34.4 Å². The Balaban J connectivity index is 2.56. The summed E-state index contributed by atoms with van der Waals surface area (Å²) in [6.07, 6.45) is 1.94. The Morgan fingerprint density at radius 1 is 1.46 bits per heavy atom. The molecule has 1 aromatic heterocycles. The van der Waals surface area contributed by atoms with Gasteiger partial charge in [0.2, 0.25) is 0 Å². The number of benzene rings is 1. The monoisotopic (exact) mass is 239 g/mol. The molecule has 0 aliphatic rings. The molecule has 0 amide bonds. The van der Waals surface area contributed by atoms with E-state index in [-0.39, 0.29) is 0 Å². The molecule has 0 radical (unpaired) electrons. The van der Waals surface area contributed by atoms with Crippen molar-refractivity contribution < 1.29 is 4.74 Å². The molecule has 2 aromatic rings. The summed E-state index contributed by atoms with van der Waals surface area (Å²) < 4.78 is 6.18. The summed E-state index contributed by atoms with van der Waals surface area (Å²) in [5.41, 5.74) is 2.31. The van der Waals surface area contributed by atoms with Gasteiger partial charge in [-0.15, -0.1) is 0 Å². The van der Waals surface area contributed by atoms with E-state index in [4.69, 9.17) is 4.74 Å². The first kappa shape index (κ1) is 8.78. The van der Waals surface area contributed by atoms with Gasteiger partial charge in [0.05, 0.1) is 6.61 Å². The number of rotatable bonds is 2. The Morgan fingerprint density at radius 3 is 3.08 bits per heavy atom. The van der Waals surface area contributed by atoms with Gasteiger partial charge < -0.3 is 9.72 Å². The fraction of sp³-hybridized carbons (Fsp3) is 0.200. The molecule has 3 heteroatoms. The van der Waals surface area contributed by atoms with Crippen molar-refractivity contribution in [2.75, 3.05) is 7.11 Å². The Bertz CT molecular complexity index is 422. The average Bonchev–Trinajstić information content (AvgIpc) is 2.53. The molecule has 1 heterocycles. The lowest BCUT2D eigenvalue weighted by Crippen LogP contribution is -1.87. The molecule has 0 spiro atoms. The minimum Gasteiger partial charge on any atom is -0.380 e. The number of H-pyrrole nitrogens is 1. The second-order valence-electron chi connectivity index (χ2n) is 2.95. The predicted octanol–water partition coefficient (Wildman–Crippen LogP) is 3.08. The molecule has 0 saturated heterocycles. The van der Waals surface area contributed by atoms with Gasteiger partial charge in [0.1, 0.15) is 0 Å². The summed E-state index contributed by atoms with van der Waals surface area (Å²) >= 11 is 3.52. The van der Waals surface area contributed by atoms with Gasteiger partial charge in [0.15, 0.2) is 0 Å². The number of methoxy groups -OCH3 is 1. The fourth-order valence-electron chi connectivity index (χ4n) is 1.43. The first-order valence-electron chi connectivity index (χ1n) is 4.05. The minimum atomic E-state index is 0.646. The fourth-order valence-corrected chi connectivity index (χ4v) is 2.07. The van der Waals surface area contributed by atoms with Crippen molar-refractivity contribution in [1.82, 2.24) is 4.98 Å². The van der Waals surface area contributed by atoms with Crippen molar-refractivity contribution in [1.29, 1.82) is 0 Å². The highest BCUT2D eigenvalue weighted by molar-refractivity contribution is 9.10. The van der Waals surface area contributed by atoms with E-state index in [9.17, 15) is 0 Å². The molecule has 0 bridgehead atoms. The average molecular weight is 240 g/mol. The quantitative estimate of drug-likeness (QED) is 0.857. The third kappa shape index (κ3) is 1.62. The molecule has 2 nitrogen and oxygen atoms in total. The molecule has 0 aliphatic carbocycles. The van der Waals surface area contributed by atoms with Crippen LogP contribution in [0.5, 0.6) is 0 Å². The van der Waals surface area contributed by atoms with Crippen LogP contribution in [-0.2, 0) is 11.3 Å². The van der Waals surface area contributed by atoms with Crippen LogP contribution in [0.1, 0.15) is 5.56 Å². The van der Waals surface area contributed by atoms with Gasteiger partial charge in [-0.25, -0.2) is 0 Å². The number of hydrogen-bond donors (Lipinski definition) is 1. The summed E-state index contributed by atoms with van der Waals surface area (Å²) in [6, 6.07) is 6.24. The SMILES string of the molecule is COCc1cc(Br)c2cc[nH]c2c1. The van der Waals surface area contributed by atoms with E-state index in [1.54, 1.807) is 7.11 Å². The topological polar surface area (TPSA) is 25.0 Å². The van der Waals surface area contributed by atoms with Gasteiger partial charge in [-0.1, -0.05) is 15.9 Å². The summed E-state index contributed by atoms with van der Waals surface area (Å²) in [5, 5.41) is 1.21. The third-order valence-electron chi connectivity index (χ3n) is 1.99. The van der Waals surface area contributed by atoms with Crippen LogP contribution in [0.15, 0.2) is 28.9 Å². The Morgan fingerprint density at radius 2 is 2.31 bits per heavy atom. The molecule has 0 fully saturated rings. The molecular formula is C10H10BrNO. The summed E-state index contributed by atoms with van der Waals surface area (Å²) in [6.45, 7) is 0.646. The Kier molecular flexibility index (Phi) is 2.38. The standard InChI is InChI=1S/C10H10BrNO/c1-13-6-7-4-9(11)8-2-3-12-10(8)5-7/h2-5,12H,6H2,1H3.